The zero-order valence-corrected chi connectivity index (χ0v) is 9.23. The fourth-order valence-electron chi connectivity index (χ4n) is 1.94. The number of nitrogens with zero attached hydrogens (tertiary/aromatic N) is 1. The van der Waals surface area contributed by atoms with E-state index >= 15 is 0 Å². The normalized spacial score (nSPS) is 15.2. The molecule has 1 aliphatic heterocycles. The van der Waals surface area contributed by atoms with Gasteiger partial charge in [0.25, 0.3) is 0 Å². The molecule has 0 amide bonds. The van der Waals surface area contributed by atoms with E-state index in [9.17, 15) is 0 Å². The van der Waals surface area contributed by atoms with Gasteiger partial charge >= 0.3 is 0 Å². The second-order valence-corrected chi connectivity index (χ2v) is 4.82. The van der Waals surface area contributed by atoms with Crippen molar-refractivity contribution in [1.82, 2.24) is 15.3 Å². The molecule has 0 unspecified atom stereocenters. The van der Waals surface area contributed by atoms with Crippen LogP contribution in [0.3, 0.4) is 0 Å². The van der Waals surface area contributed by atoms with Gasteiger partial charge in [-0.2, -0.15) is 0 Å². The van der Waals surface area contributed by atoms with Gasteiger partial charge in [0.15, 0.2) is 0 Å². The van der Waals surface area contributed by atoms with Crippen molar-refractivity contribution in [2.75, 3.05) is 6.54 Å². The molecular weight excluding hydrogens is 206 g/mol. The standard InChI is InChI=1S/C11H13N3S/c1-2-8(15-5-1)6-11-13-9-3-4-12-7-10(9)14-11/h1-2,5,12H,3-4,6-7H2,(H,13,14). The number of fused-ring (bicyclic) bond motifs is 1. The van der Waals surface area contributed by atoms with Gasteiger partial charge in [-0.3, -0.25) is 0 Å². The van der Waals surface area contributed by atoms with Crippen molar-refractivity contribution in [3.05, 3.63) is 39.6 Å². The molecule has 2 aromatic heterocycles. The number of thiophene rings is 1. The lowest BCUT2D eigenvalue weighted by Crippen LogP contribution is -2.23. The highest BCUT2D eigenvalue weighted by Crippen LogP contribution is 2.16. The second-order valence-electron chi connectivity index (χ2n) is 3.79. The summed E-state index contributed by atoms with van der Waals surface area (Å²) in [5.41, 5.74) is 2.52. The number of hydrogen-bond donors (Lipinski definition) is 2. The van der Waals surface area contributed by atoms with Gasteiger partial charge in [0.05, 0.1) is 11.4 Å². The average molecular weight is 219 g/mol. The van der Waals surface area contributed by atoms with Crippen molar-refractivity contribution in [3.8, 4) is 0 Å². The quantitative estimate of drug-likeness (QED) is 0.807. The molecule has 0 aliphatic carbocycles. The van der Waals surface area contributed by atoms with E-state index in [0.717, 1.165) is 31.8 Å². The zero-order valence-electron chi connectivity index (χ0n) is 8.42. The van der Waals surface area contributed by atoms with Gasteiger partial charge in [0, 0.05) is 30.8 Å². The zero-order chi connectivity index (χ0) is 10.1. The number of aromatic amines is 1. The molecule has 0 atom stereocenters. The van der Waals surface area contributed by atoms with Crippen LogP contribution in [-0.2, 0) is 19.4 Å². The maximum atomic E-state index is 4.64. The van der Waals surface area contributed by atoms with Crippen LogP contribution in [0.4, 0.5) is 0 Å². The maximum absolute atomic E-state index is 4.64. The Labute approximate surface area is 92.6 Å². The monoisotopic (exact) mass is 219 g/mol. The first kappa shape index (κ1) is 9.12. The smallest absolute Gasteiger partial charge is 0.111 e. The van der Waals surface area contributed by atoms with Gasteiger partial charge in [0.1, 0.15) is 5.82 Å². The van der Waals surface area contributed by atoms with Crippen LogP contribution >= 0.6 is 11.3 Å². The van der Waals surface area contributed by atoms with Crippen molar-refractivity contribution < 1.29 is 0 Å². The highest BCUT2D eigenvalue weighted by atomic mass is 32.1. The van der Waals surface area contributed by atoms with Crippen LogP contribution in [0.15, 0.2) is 17.5 Å². The third kappa shape index (κ3) is 1.82. The molecule has 78 valence electrons. The fraction of sp³-hybridized carbons (Fsp3) is 0.364. The molecule has 2 aromatic rings. The number of nitrogens with one attached hydrogen (secondary N) is 2. The van der Waals surface area contributed by atoms with Crippen LogP contribution in [0.25, 0.3) is 0 Å². The predicted octanol–water partition coefficient (Wildman–Crippen LogP) is 1.71. The number of H-pyrrole nitrogens is 1. The summed E-state index contributed by atoms with van der Waals surface area (Å²) in [5, 5.41) is 5.46. The van der Waals surface area contributed by atoms with E-state index in [-0.39, 0.29) is 0 Å². The number of aromatic nitrogens is 2. The first-order chi connectivity index (χ1) is 7.42. The Morgan fingerprint density at radius 3 is 3.27 bits per heavy atom. The van der Waals surface area contributed by atoms with E-state index in [1.54, 1.807) is 11.3 Å². The van der Waals surface area contributed by atoms with Crippen molar-refractivity contribution in [1.29, 1.82) is 0 Å². The van der Waals surface area contributed by atoms with E-state index in [1.807, 2.05) is 0 Å². The Bertz CT molecular complexity index is 421. The molecule has 0 radical (unpaired) electrons. The van der Waals surface area contributed by atoms with E-state index < -0.39 is 0 Å². The Hall–Kier alpha value is -1.13. The van der Waals surface area contributed by atoms with Crippen molar-refractivity contribution in [2.45, 2.75) is 19.4 Å². The number of imidazole rings is 1. The molecular formula is C11H13N3S. The minimum atomic E-state index is 0.935. The van der Waals surface area contributed by atoms with Gasteiger partial charge in [0.2, 0.25) is 0 Å². The molecule has 0 bridgehead atoms. The van der Waals surface area contributed by atoms with Crippen LogP contribution in [-0.4, -0.2) is 16.5 Å². The first-order valence-electron chi connectivity index (χ1n) is 5.21. The van der Waals surface area contributed by atoms with Crippen LogP contribution in [0, 0.1) is 0 Å². The van der Waals surface area contributed by atoms with Gasteiger partial charge in [-0.05, 0) is 11.4 Å². The van der Waals surface area contributed by atoms with Crippen LogP contribution in [0.1, 0.15) is 22.1 Å². The van der Waals surface area contributed by atoms with E-state index in [4.69, 9.17) is 0 Å². The van der Waals surface area contributed by atoms with Crippen LogP contribution < -0.4 is 5.32 Å². The Kier molecular flexibility index (Phi) is 2.31. The Morgan fingerprint density at radius 1 is 1.47 bits per heavy atom. The summed E-state index contributed by atoms with van der Waals surface area (Å²) in [5.74, 6) is 1.10. The number of hydrogen-bond acceptors (Lipinski definition) is 3. The summed E-state index contributed by atoms with van der Waals surface area (Å²) < 4.78 is 0. The highest BCUT2D eigenvalue weighted by molar-refractivity contribution is 7.09. The summed E-state index contributed by atoms with van der Waals surface area (Å²) >= 11 is 1.79. The lowest BCUT2D eigenvalue weighted by atomic mass is 10.2. The molecule has 0 saturated heterocycles. The van der Waals surface area contributed by atoms with Crippen LogP contribution in [0.2, 0.25) is 0 Å². The Balaban J connectivity index is 1.84. The molecule has 1 aliphatic rings. The lowest BCUT2D eigenvalue weighted by molar-refractivity contribution is 0.627. The van der Waals surface area contributed by atoms with Crippen molar-refractivity contribution >= 4 is 11.3 Å². The molecule has 3 nitrogen and oxygen atoms in total. The summed E-state index contributed by atoms with van der Waals surface area (Å²) in [4.78, 5) is 9.41. The summed E-state index contributed by atoms with van der Waals surface area (Å²) in [6, 6.07) is 4.24. The molecule has 3 heterocycles. The van der Waals surface area contributed by atoms with E-state index in [2.05, 4.69) is 32.8 Å². The third-order valence-corrected chi connectivity index (χ3v) is 3.55. The summed E-state index contributed by atoms with van der Waals surface area (Å²) in [6.07, 6.45) is 1.99. The SMILES string of the molecule is c1csc(Cc2nc3c([nH]2)CNCC3)c1. The summed E-state index contributed by atoms with van der Waals surface area (Å²) in [7, 11) is 0. The van der Waals surface area contributed by atoms with Gasteiger partial charge in [-0.25, -0.2) is 4.98 Å². The van der Waals surface area contributed by atoms with Gasteiger partial charge < -0.3 is 10.3 Å². The fourth-order valence-corrected chi connectivity index (χ4v) is 2.65. The maximum Gasteiger partial charge on any atom is 0.111 e. The molecule has 0 aromatic carbocycles. The van der Waals surface area contributed by atoms with Crippen molar-refractivity contribution in [3.63, 3.8) is 0 Å². The largest absolute Gasteiger partial charge is 0.344 e. The molecule has 0 fully saturated rings. The number of rotatable bonds is 2. The second kappa shape index (κ2) is 3.79. The first-order valence-corrected chi connectivity index (χ1v) is 6.09. The van der Waals surface area contributed by atoms with Gasteiger partial charge in [-0.1, -0.05) is 6.07 Å². The molecule has 2 N–H and O–H groups in total. The Morgan fingerprint density at radius 2 is 2.47 bits per heavy atom. The molecule has 4 heteroatoms. The minimum absolute atomic E-state index is 0.935. The van der Waals surface area contributed by atoms with Crippen molar-refractivity contribution in [2.24, 2.45) is 0 Å². The minimum Gasteiger partial charge on any atom is -0.344 e. The average Bonchev–Trinajstić information content (AvgIpc) is 2.86. The summed E-state index contributed by atoms with van der Waals surface area (Å²) in [6.45, 7) is 1.99. The molecule has 3 rings (SSSR count). The molecule has 15 heavy (non-hydrogen) atoms. The topological polar surface area (TPSA) is 40.7 Å². The van der Waals surface area contributed by atoms with Gasteiger partial charge in [-0.15, -0.1) is 11.3 Å². The van der Waals surface area contributed by atoms with E-state index in [0.29, 0.717) is 0 Å². The third-order valence-electron chi connectivity index (χ3n) is 2.68. The molecule has 0 spiro atoms. The predicted molar refractivity (Wildman–Crippen MR) is 61.1 cm³/mol. The molecule has 0 saturated carbocycles. The van der Waals surface area contributed by atoms with E-state index in [1.165, 1.54) is 16.3 Å². The lowest BCUT2D eigenvalue weighted by Gasteiger charge is -2.09. The highest BCUT2D eigenvalue weighted by Gasteiger charge is 2.13. The van der Waals surface area contributed by atoms with Crippen LogP contribution in [0.5, 0.6) is 0 Å².